The lowest BCUT2D eigenvalue weighted by molar-refractivity contribution is 0.145. The van der Waals surface area contributed by atoms with Crippen LogP contribution in [0.2, 0.25) is 5.15 Å². The number of aliphatic hydroxyl groups is 2. The monoisotopic (exact) mass is 510 g/mol. The summed E-state index contributed by atoms with van der Waals surface area (Å²) in [5.74, 6) is 0.796. The quantitative estimate of drug-likeness (QED) is 0.328. The van der Waals surface area contributed by atoms with Crippen LogP contribution in [-0.4, -0.2) is 61.9 Å². The number of anilines is 2. The molecule has 1 aromatic carbocycles. The van der Waals surface area contributed by atoms with Crippen molar-refractivity contribution in [2.45, 2.75) is 38.8 Å². The van der Waals surface area contributed by atoms with Gasteiger partial charge < -0.3 is 20.4 Å². The molecule has 1 saturated heterocycles. The molecule has 5 rings (SSSR count). The van der Waals surface area contributed by atoms with Crippen LogP contribution >= 0.6 is 11.6 Å². The number of nitrogens with one attached hydrogen (secondary N) is 1. The van der Waals surface area contributed by atoms with E-state index in [9.17, 15) is 15.0 Å². The molecule has 190 valence electrons. The van der Waals surface area contributed by atoms with E-state index < -0.39 is 0 Å². The molecule has 1 aliphatic heterocycles. The molecular formula is C26H31ClN6O3. The number of nitrogens with zero attached hydrogens (tertiary/aromatic N) is 5. The van der Waals surface area contributed by atoms with Crippen LogP contribution in [0.5, 0.6) is 0 Å². The summed E-state index contributed by atoms with van der Waals surface area (Å²) in [6.07, 6.45) is 3.62. The first-order valence-electron chi connectivity index (χ1n) is 12.3. The number of hydrogen-bond donors (Lipinski definition) is 3. The second-order valence-electron chi connectivity index (χ2n) is 9.44. The second-order valence-corrected chi connectivity index (χ2v) is 9.83. The minimum Gasteiger partial charge on any atom is -0.394 e. The molecule has 0 bridgehead atoms. The van der Waals surface area contributed by atoms with Crippen LogP contribution in [-0.2, 0) is 20.0 Å². The average molecular weight is 511 g/mol. The summed E-state index contributed by atoms with van der Waals surface area (Å²) in [4.78, 5) is 20.0. The molecule has 0 amide bonds. The predicted octanol–water partition coefficient (Wildman–Crippen LogP) is 2.85. The number of aromatic nitrogens is 4. The molecule has 10 heteroatoms. The SMILES string of the molecule is Cc1cc(CCNc2ccc(Cl)nc2N2CCC(O)CC2)c2c(c1)c(=O)n(C)c1c2cnn1CCO. The van der Waals surface area contributed by atoms with Crippen LogP contribution in [0.4, 0.5) is 11.5 Å². The summed E-state index contributed by atoms with van der Waals surface area (Å²) in [6.45, 7) is 4.36. The van der Waals surface area contributed by atoms with E-state index >= 15 is 0 Å². The second kappa shape index (κ2) is 10.1. The van der Waals surface area contributed by atoms with Gasteiger partial charge in [-0.2, -0.15) is 5.10 Å². The number of piperidine rings is 1. The van der Waals surface area contributed by atoms with Crippen molar-refractivity contribution < 1.29 is 10.2 Å². The Labute approximate surface area is 213 Å². The van der Waals surface area contributed by atoms with Crippen LogP contribution in [0.25, 0.3) is 21.8 Å². The van der Waals surface area contributed by atoms with Crippen molar-refractivity contribution in [1.29, 1.82) is 0 Å². The first kappa shape index (κ1) is 24.5. The third-order valence-electron chi connectivity index (χ3n) is 6.92. The molecule has 4 aromatic rings. The van der Waals surface area contributed by atoms with Crippen LogP contribution in [0.3, 0.4) is 0 Å². The molecule has 0 aliphatic carbocycles. The van der Waals surface area contributed by atoms with Gasteiger partial charge in [0.2, 0.25) is 0 Å². The fourth-order valence-corrected chi connectivity index (χ4v) is 5.35. The minimum absolute atomic E-state index is 0.0544. The molecule has 0 atom stereocenters. The summed E-state index contributed by atoms with van der Waals surface area (Å²) >= 11 is 6.21. The van der Waals surface area contributed by atoms with E-state index in [1.807, 2.05) is 19.1 Å². The molecule has 36 heavy (non-hydrogen) atoms. The molecule has 4 heterocycles. The normalized spacial score (nSPS) is 14.8. The Bertz CT molecular complexity index is 1470. The zero-order valence-electron chi connectivity index (χ0n) is 20.5. The van der Waals surface area contributed by atoms with Gasteiger partial charge in [0.1, 0.15) is 10.8 Å². The van der Waals surface area contributed by atoms with Gasteiger partial charge in [0.15, 0.2) is 5.82 Å². The van der Waals surface area contributed by atoms with Crippen molar-refractivity contribution in [3.63, 3.8) is 0 Å². The number of rotatable bonds is 7. The van der Waals surface area contributed by atoms with Gasteiger partial charge in [-0.15, -0.1) is 0 Å². The largest absolute Gasteiger partial charge is 0.394 e. The minimum atomic E-state index is -0.266. The Morgan fingerprint density at radius 1 is 1.19 bits per heavy atom. The molecule has 0 radical (unpaired) electrons. The zero-order chi connectivity index (χ0) is 25.4. The predicted molar refractivity (Wildman–Crippen MR) is 143 cm³/mol. The van der Waals surface area contributed by atoms with E-state index in [0.717, 1.165) is 46.5 Å². The Morgan fingerprint density at radius 2 is 1.97 bits per heavy atom. The molecule has 0 saturated carbocycles. The Morgan fingerprint density at radius 3 is 2.72 bits per heavy atom. The van der Waals surface area contributed by atoms with E-state index in [2.05, 4.69) is 26.4 Å². The standard InChI is InChI=1S/C26H31ClN6O3/c1-16-13-17(23-19(14-16)26(36)31(2)25-20(23)15-29-33(25)11-12-34)5-8-28-21-3-4-22(27)30-24(21)32-9-6-18(35)7-10-32/h3-4,13-15,18,28,34-35H,5-12H2,1-2H3. The summed E-state index contributed by atoms with van der Waals surface area (Å²) in [5.41, 5.74) is 3.61. The van der Waals surface area contributed by atoms with E-state index in [-0.39, 0.29) is 18.3 Å². The number of hydrogen-bond acceptors (Lipinski definition) is 7. The lowest BCUT2D eigenvalue weighted by Crippen LogP contribution is -2.36. The third-order valence-corrected chi connectivity index (χ3v) is 7.14. The summed E-state index contributed by atoms with van der Waals surface area (Å²) < 4.78 is 3.29. The van der Waals surface area contributed by atoms with Crippen LogP contribution in [0.15, 0.2) is 35.3 Å². The van der Waals surface area contributed by atoms with Gasteiger partial charge >= 0.3 is 0 Å². The maximum atomic E-state index is 13.3. The first-order valence-corrected chi connectivity index (χ1v) is 12.7. The van der Waals surface area contributed by atoms with Crippen molar-refractivity contribution >= 4 is 44.9 Å². The molecule has 1 aliphatic rings. The van der Waals surface area contributed by atoms with Crippen molar-refractivity contribution in [2.24, 2.45) is 7.05 Å². The zero-order valence-corrected chi connectivity index (χ0v) is 21.3. The fourth-order valence-electron chi connectivity index (χ4n) is 5.20. The Hall–Kier alpha value is -3.14. The molecule has 3 N–H and O–H groups in total. The lowest BCUT2D eigenvalue weighted by Gasteiger charge is -2.32. The highest BCUT2D eigenvalue weighted by Gasteiger charge is 2.21. The van der Waals surface area contributed by atoms with Gasteiger partial charge in [-0.25, -0.2) is 9.67 Å². The molecule has 3 aromatic heterocycles. The summed E-state index contributed by atoms with van der Waals surface area (Å²) in [5, 5.41) is 30.2. The molecule has 0 unspecified atom stereocenters. The number of aryl methyl sites for hydroxylation is 2. The topological polar surface area (TPSA) is 108 Å². The van der Waals surface area contributed by atoms with Gasteiger partial charge in [0, 0.05) is 42.8 Å². The molecule has 1 fully saturated rings. The van der Waals surface area contributed by atoms with Crippen molar-refractivity contribution in [3.8, 4) is 0 Å². The molecular weight excluding hydrogens is 480 g/mol. The maximum absolute atomic E-state index is 13.3. The van der Waals surface area contributed by atoms with Gasteiger partial charge in [0.25, 0.3) is 5.56 Å². The smallest absolute Gasteiger partial charge is 0.259 e. The summed E-state index contributed by atoms with van der Waals surface area (Å²) in [6, 6.07) is 7.77. The number of aliphatic hydroxyl groups excluding tert-OH is 2. The van der Waals surface area contributed by atoms with Crippen molar-refractivity contribution in [1.82, 2.24) is 19.3 Å². The highest BCUT2D eigenvalue weighted by Crippen LogP contribution is 2.30. The number of fused-ring (bicyclic) bond motifs is 3. The number of benzene rings is 1. The highest BCUT2D eigenvalue weighted by atomic mass is 35.5. The lowest BCUT2D eigenvalue weighted by atomic mass is 9.98. The average Bonchev–Trinajstić information content (AvgIpc) is 3.27. The van der Waals surface area contributed by atoms with Gasteiger partial charge in [-0.05, 0) is 49.9 Å². The fraction of sp³-hybridized carbons (Fsp3) is 0.423. The third kappa shape index (κ3) is 4.54. The highest BCUT2D eigenvalue weighted by molar-refractivity contribution is 6.29. The Balaban J connectivity index is 1.47. The van der Waals surface area contributed by atoms with Crippen molar-refractivity contribution in [3.05, 3.63) is 57.1 Å². The number of pyridine rings is 2. The van der Waals surface area contributed by atoms with E-state index in [4.69, 9.17) is 11.6 Å². The van der Waals surface area contributed by atoms with E-state index in [1.165, 1.54) is 0 Å². The molecule has 9 nitrogen and oxygen atoms in total. The van der Waals surface area contributed by atoms with Crippen LogP contribution < -0.4 is 15.8 Å². The van der Waals surface area contributed by atoms with Gasteiger partial charge in [-0.1, -0.05) is 23.2 Å². The first-order chi connectivity index (χ1) is 17.4. The van der Waals surface area contributed by atoms with Gasteiger partial charge in [-0.3, -0.25) is 9.36 Å². The maximum Gasteiger partial charge on any atom is 0.259 e. The van der Waals surface area contributed by atoms with E-state index in [1.54, 1.807) is 28.6 Å². The molecule has 0 spiro atoms. The van der Waals surface area contributed by atoms with Crippen LogP contribution in [0, 0.1) is 6.92 Å². The van der Waals surface area contributed by atoms with Crippen molar-refractivity contribution in [2.75, 3.05) is 36.5 Å². The van der Waals surface area contributed by atoms with Gasteiger partial charge in [0.05, 0.1) is 31.1 Å². The van der Waals surface area contributed by atoms with E-state index in [0.29, 0.717) is 48.5 Å². The Kier molecular flexibility index (Phi) is 6.87. The van der Waals surface area contributed by atoms with Crippen LogP contribution in [0.1, 0.15) is 24.0 Å². The number of halogens is 1. The summed E-state index contributed by atoms with van der Waals surface area (Å²) in [7, 11) is 1.75.